The molecule has 21 heavy (non-hydrogen) atoms. The maximum Gasteiger partial charge on any atom is 0.253 e. The van der Waals surface area contributed by atoms with Crippen molar-refractivity contribution in [2.75, 3.05) is 6.54 Å². The van der Waals surface area contributed by atoms with E-state index in [9.17, 15) is 9.59 Å². The molecule has 2 amide bonds. The van der Waals surface area contributed by atoms with E-state index in [0.717, 1.165) is 12.8 Å². The van der Waals surface area contributed by atoms with Gasteiger partial charge in [-0.3, -0.25) is 9.59 Å². The lowest BCUT2D eigenvalue weighted by Gasteiger charge is -2.11. The summed E-state index contributed by atoms with van der Waals surface area (Å²) in [4.78, 5) is 23.6. The summed E-state index contributed by atoms with van der Waals surface area (Å²) in [6.07, 6.45) is 1.90. The molecule has 1 atom stereocenters. The fraction of sp³-hybridized carbons (Fsp3) is 0.357. The van der Waals surface area contributed by atoms with E-state index in [4.69, 9.17) is 28.5 Å². The molecule has 1 aromatic rings. The van der Waals surface area contributed by atoms with Gasteiger partial charge in [0.1, 0.15) is 6.04 Å². The van der Waals surface area contributed by atoms with Crippen molar-refractivity contribution in [3.05, 3.63) is 33.8 Å². The van der Waals surface area contributed by atoms with E-state index < -0.39 is 17.9 Å². The lowest BCUT2D eigenvalue weighted by Crippen LogP contribution is -2.42. The Morgan fingerprint density at radius 1 is 1.38 bits per heavy atom. The van der Waals surface area contributed by atoms with Gasteiger partial charge < -0.3 is 10.6 Å². The molecule has 1 aliphatic carbocycles. The molecule has 0 unspecified atom stereocenters. The lowest BCUT2D eigenvalue weighted by atomic mass is 10.2. The van der Waals surface area contributed by atoms with Gasteiger partial charge in [0.15, 0.2) is 0 Å². The summed E-state index contributed by atoms with van der Waals surface area (Å²) < 4.78 is 0. The molecular formula is C14H13Cl2N3O2. The van der Waals surface area contributed by atoms with E-state index in [1.165, 1.54) is 12.1 Å². The Bertz CT molecular complexity index is 609. The minimum absolute atomic E-state index is 0.206. The van der Waals surface area contributed by atoms with Gasteiger partial charge in [-0.05, 0) is 37.0 Å². The van der Waals surface area contributed by atoms with E-state index >= 15 is 0 Å². The Kier molecular flexibility index (Phi) is 5.05. The molecule has 2 rings (SSSR count). The van der Waals surface area contributed by atoms with Gasteiger partial charge in [0, 0.05) is 5.02 Å². The second-order valence-corrected chi connectivity index (χ2v) is 5.66. The van der Waals surface area contributed by atoms with Crippen LogP contribution in [0.15, 0.2) is 18.2 Å². The van der Waals surface area contributed by atoms with Gasteiger partial charge in [0.05, 0.1) is 23.2 Å². The van der Waals surface area contributed by atoms with Crippen LogP contribution in [-0.2, 0) is 4.79 Å². The van der Waals surface area contributed by atoms with Crippen molar-refractivity contribution in [1.82, 2.24) is 10.6 Å². The zero-order valence-electron chi connectivity index (χ0n) is 11.0. The second kappa shape index (κ2) is 6.79. The molecular weight excluding hydrogens is 313 g/mol. The monoisotopic (exact) mass is 325 g/mol. The van der Waals surface area contributed by atoms with Gasteiger partial charge in [-0.25, -0.2) is 0 Å². The van der Waals surface area contributed by atoms with Gasteiger partial charge in [0.25, 0.3) is 5.91 Å². The third-order valence-corrected chi connectivity index (χ3v) is 3.68. The first kappa shape index (κ1) is 15.6. The molecule has 0 aromatic heterocycles. The highest BCUT2D eigenvalue weighted by molar-refractivity contribution is 6.36. The topological polar surface area (TPSA) is 82.0 Å². The third-order valence-electron chi connectivity index (χ3n) is 3.13. The van der Waals surface area contributed by atoms with E-state index in [0.29, 0.717) is 5.02 Å². The number of nitriles is 1. The molecule has 1 fully saturated rings. The summed E-state index contributed by atoms with van der Waals surface area (Å²) in [7, 11) is 0. The van der Waals surface area contributed by atoms with Gasteiger partial charge in [-0.2, -0.15) is 5.26 Å². The Hall–Kier alpha value is -1.77. The average Bonchev–Trinajstić information content (AvgIpc) is 3.26. The zero-order valence-corrected chi connectivity index (χ0v) is 12.5. The molecule has 110 valence electrons. The van der Waals surface area contributed by atoms with Crippen molar-refractivity contribution in [2.24, 2.45) is 5.92 Å². The summed E-state index contributed by atoms with van der Waals surface area (Å²) >= 11 is 11.7. The number of nitrogens with zero attached hydrogens (tertiary/aromatic N) is 1. The fourth-order valence-corrected chi connectivity index (χ4v) is 2.33. The predicted molar refractivity (Wildman–Crippen MR) is 79.1 cm³/mol. The molecule has 2 N–H and O–H groups in total. The number of halogens is 2. The molecule has 0 aliphatic heterocycles. The van der Waals surface area contributed by atoms with Crippen LogP contribution >= 0.6 is 23.2 Å². The number of amides is 2. The van der Waals surface area contributed by atoms with Crippen LogP contribution in [-0.4, -0.2) is 24.4 Å². The highest BCUT2D eigenvalue weighted by Crippen LogP contribution is 2.32. The number of hydrogen-bond acceptors (Lipinski definition) is 3. The minimum atomic E-state index is -0.478. The first-order valence-electron chi connectivity index (χ1n) is 6.43. The third kappa shape index (κ3) is 4.35. The largest absolute Gasteiger partial charge is 0.343 e. The van der Waals surface area contributed by atoms with Crippen LogP contribution in [0.3, 0.4) is 0 Å². The summed E-state index contributed by atoms with van der Waals surface area (Å²) in [5.74, 6) is -0.626. The van der Waals surface area contributed by atoms with Gasteiger partial charge in [-0.15, -0.1) is 0 Å². The van der Waals surface area contributed by atoms with Crippen LogP contribution in [0.25, 0.3) is 0 Å². The van der Waals surface area contributed by atoms with Crippen molar-refractivity contribution in [3.63, 3.8) is 0 Å². The van der Waals surface area contributed by atoms with Crippen molar-refractivity contribution in [2.45, 2.75) is 18.9 Å². The standard InChI is InChI=1S/C14H13Cl2N3O2/c15-9-3-4-10(11(16)5-9)14(21)18-7-13(20)19-12(6-17)8-1-2-8/h3-5,8,12H,1-2,7H2,(H,18,21)(H,19,20)/t12-/m0/s1. The minimum Gasteiger partial charge on any atom is -0.343 e. The second-order valence-electron chi connectivity index (χ2n) is 4.82. The molecule has 7 heteroatoms. The smallest absolute Gasteiger partial charge is 0.253 e. The number of carbonyl (C=O) groups is 2. The maximum absolute atomic E-state index is 11.9. The number of carbonyl (C=O) groups excluding carboxylic acids is 2. The Labute approximate surface area is 132 Å². The predicted octanol–water partition coefficient (Wildman–Crippen LogP) is 2.14. The van der Waals surface area contributed by atoms with Crippen LogP contribution in [0.5, 0.6) is 0 Å². The Balaban J connectivity index is 1.85. The molecule has 0 spiro atoms. The Morgan fingerprint density at radius 2 is 2.10 bits per heavy atom. The molecule has 1 aliphatic rings. The average molecular weight is 326 g/mol. The van der Waals surface area contributed by atoms with Crippen molar-refractivity contribution in [3.8, 4) is 6.07 Å². The normalized spacial score (nSPS) is 14.9. The van der Waals surface area contributed by atoms with E-state index in [-0.39, 0.29) is 23.0 Å². The molecule has 5 nitrogen and oxygen atoms in total. The number of nitrogens with one attached hydrogen (secondary N) is 2. The molecule has 1 saturated carbocycles. The summed E-state index contributed by atoms with van der Waals surface area (Å²) in [5.41, 5.74) is 0.243. The number of benzene rings is 1. The van der Waals surface area contributed by atoms with Crippen molar-refractivity contribution >= 4 is 35.0 Å². The zero-order chi connectivity index (χ0) is 15.4. The summed E-state index contributed by atoms with van der Waals surface area (Å²) in [5, 5.41) is 14.6. The fourth-order valence-electron chi connectivity index (χ4n) is 1.84. The lowest BCUT2D eigenvalue weighted by molar-refractivity contribution is -0.120. The van der Waals surface area contributed by atoms with Gasteiger partial charge >= 0.3 is 0 Å². The van der Waals surface area contributed by atoms with Gasteiger partial charge in [-0.1, -0.05) is 23.2 Å². The molecule has 0 bridgehead atoms. The summed E-state index contributed by atoms with van der Waals surface area (Å²) in [6, 6.07) is 6.06. The van der Waals surface area contributed by atoms with Crippen molar-refractivity contribution in [1.29, 1.82) is 5.26 Å². The SMILES string of the molecule is N#C[C@H](NC(=O)CNC(=O)c1ccc(Cl)cc1Cl)C1CC1. The van der Waals surface area contributed by atoms with Crippen LogP contribution in [0, 0.1) is 17.2 Å². The first-order valence-corrected chi connectivity index (χ1v) is 7.19. The van der Waals surface area contributed by atoms with Crippen LogP contribution in [0.1, 0.15) is 23.2 Å². The number of hydrogen-bond donors (Lipinski definition) is 2. The van der Waals surface area contributed by atoms with Crippen LogP contribution in [0.4, 0.5) is 0 Å². The molecule has 1 aromatic carbocycles. The quantitative estimate of drug-likeness (QED) is 0.870. The van der Waals surface area contributed by atoms with E-state index in [1.807, 2.05) is 6.07 Å². The highest BCUT2D eigenvalue weighted by Gasteiger charge is 2.32. The summed E-state index contributed by atoms with van der Waals surface area (Å²) in [6.45, 7) is -0.206. The molecule has 0 heterocycles. The van der Waals surface area contributed by atoms with Crippen molar-refractivity contribution < 1.29 is 9.59 Å². The molecule has 0 saturated heterocycles. The highest BCUT2D eigenvalue weighted by atomic mass is 35.5. The maximum atomic E-state index is 11.9. The first-order chi connectivity index (χ1) is 10.0. The van der Waals surface area contributed by atoms with E-state index in [2.05, 4.69) is 10.6 Å². The Morgan fingerprint density at radius 3 is 2.67 bits per heavy atom. The molecule has 0 radical (unpaired) electrons. The van der Waals surface area contributed by atoms with Crippen LogP contribution < -0.4 is 10.6 Å². The number of rotatable bonds is 5. The van der Waals surface area contributed by atoms with Gasteiger partial charge in [0.2, 0.25) is 5.91 Å². The van der Waals surface area contributed by atoms with Crippen LogP contribution in [0.2, 0.25) is 10.0 Å². The van der Waals surface area contributed by atoms with E-state index in [1.54, 1.807) is 6.07 Å².